The van der Waals surface area contributed by atoms with Gasteiger partial charge in [-0.25, -0.2) is 0 Å². The Morgan fingerprint density at radius 1 is 1.20 bits per heavy atom. The molecule has 1 aromatic carbocycles. The first kappa shape index (κ1) is 15.5. The summed E-state index contributed by atoms with van der Waals surface area (Å²) in [6, 6.07) is 8.94. The Labute approximate surface area is 124 Å². The summed E-state index contributed by atoms with van der Waals surface area (Å²) in [7, 11) is 0. The SMILES string of the molecule is CC(CNC(C)(C)C)CN1CCCc2ccccc2C1. The van der Waals surface area contributed by atoms with Gasteiger partial charge in [-0.2, -0.15) is 0 Å². The molecule has 2 heteroatoms. The first-order valence-electron chi connectivity index (χ1n) is 7.98. The summed E-state index contributed by atoms with van der Waals surface area (Å²) < 4.78 is 0. The molecule has 0 radical (unpaired) electrons. The zero-order chi connectivity index (χ0) is 14.6. The molecule has 0 bridgehead atoms. The fourth-order valence-corrected chi connectivity index (χ4v) is 2.91. The molecule has 0 amide bonds. The number of hydrogen-bond donors (Lipinski definition) is 1. The van der Waals surface area contributed by atoms with Gasteiger partial charge in [-0.05, 0) is 63.7 Å². The summed E-state index contributed by atoms with van der Waals surface area (Å²) in [5.41, 5.74) is 3.30. The molecule has 1 aromatic rings. The van der Waals surface area contributed by atoms with Crippen LogP contribution in [0.4, 0.5) is 0 Å². The molecule has 1 atom stereocenters. The highest BCUT2D eigenvalue weighted by Crippen LogP contribution is 2.19. The Hall–Kier alpha value is -0.860. The molecule has 0 spiro atoms. The fourth-order valence-electron chi connectivity index (χ4n) is 2.91. The summed E-state index contributed by atoms with van der Waals surface area (Å²) in [4.78, 5) is 2.63. The second-order valence-electron chi connectivity index (χ2n) is 7.34. The van der Waals surface area contributed by atoms with Crippen LogP contribution in [-0.2, 0) is 13.0 Å². The van der Waals surface area contributed by atoms with Crippen LogP contribution in [-0.4, -0.2) is 30.1 Å². The number of fused-ring (bicyclic) bond motifs is 1. The molecule has 1 unspecified atom stereocenters. The van der Waals surface area contributed by atoms with Crippen molar-refractivity contribution in [2.45, 2.75) is 52.6 Å². The van der Waals surface area contributed by atoms with Gasteiger partial charge in [-0.1, -0.05) is 31.2 Å². The van der Waals surface area contributed by atoms with Crippen LogP contribution in [0.5, 0.6) is 0 Å². The standard InChI is InChI=1S/C18H30N2/c1-15(12-19-18(2,3)4)13-20-11-7-10-16-8-5-6-9-17(16)14-20/h5-6,8-9,15,19H,7,10-14H2,1-4H3. The molecular weight excluding hydrogens is 244 g/mol. The minimum absolute atomic E-state index is 0.222. The molecule has 0 aliphatic carbocycles. The highest BCUT2D eigenvalue weighted by molar-refractivity contribution is 5.27. The monoisotopic (exact) mass is 274 g/mol. The molecule has 2 rings (SSSR count). The van der Waals surface area contributed by atoms with Gasteiger partial charge in [0.2, 0.25) is 0 Å². The molecule has 0 aromatic heterocycles. The zero-order valence-corrected chi connectivity index (χ0v) is 13.6. The molecule has 1 N–H and O–H groups in total. The second kappa shape index (κ2) is 6.73. The van der Waals surface area contributed by atoms with E-state index >= 15 is 0 Å². The fraction of sp³-hybridized carbons (Fsp3) is 0.667. The average molecular weight is 274 g/mol. The van der Waals surface area contributed by atoms with Crippen LogP contribution in [0.15, 0.2) is 24.3 Å². The second-order valence-corrected chi connectivity index (χ2v) is 7.34. The number of aryl methyl sites for hydroxylation is 1. The quantitative estimate of drug-likeness (QED) is 0.904. The number of nitrogens with one attached hydrogen (secondary N) is 1. The number of nitrogens with zero attached hydrogens (tertiary/aromatic N) is 1. The molecule has 1 aliphatic rings. The maximum atomic E-state index is 3.62. The Morgan fingerprint density at radius 3 is 2.60 bits per heavy atom. The van der Waals surface area contributed by atoms with Crippen molar-refractivity contribution in [3.63, 3.8) is 0 Å². The van der Waals surface area contributed by atoms with Gasteiger partial charge in [-0.15, -0.1) is 0 Å². The van der Waals surface area contributed by atoms with Crippen LogP contribution >= 0.6 is 0 Å². The minimum atomic E-state index is 0.222. The third-order valence-corrected chi connectivity index (χ3v) is 3.98. The highest BCUT2D eigenvalue weighted by Gasteiger charge is 2.17. The van der Waals surface area contributed by atoms with E-state index < -0.39 is 0 Å². The van der Waals surface area contributed by atoms with Crippen molar-refractivity contribution >= 4 is 0 Å². The van der Waals surface area contributed by atoms with Crippen molar-refractivity contribution in [2.75, 3.05) is 19.6 Å². The van der Waals surface area contributed by atoms with Crippen molar-refractivity contribution in [3.05, 3.63) is 35.4 Å². The highest BCUT2D eigenvalue weighted by atomic mass is 15.1. The molecule has 0 saturated heterocycles. The van der Waals surface area contributed by atoms with Crippen LogP contribution in [0.1, 0.15) is 45.2 Å². The topological polar surface area (TPSA) is 15.3 Å². The predicted octanol–water partition coefficient (Wildman–Crippen LogP) is 3.46. The minimum Gasteiger partial charge on any atom is -0.312 e. The lowest BCUT2D eigenvalue weighted by molar-refractivity contribution is 0.223. The van der Waals surface area contributed by atoms with E-state index in [4.69, 9.17) is 0 Å². The third kappa shape index (κ3) is 4.92. The number of benzene rings is 1. The molecule has 112 valence electrons. The molecule has 0 saturated carbocycles. The van der Waals surface area contributed by atoms with Gasteiger partial charge < -0.3 is 5.32 Å². The van der Waals surface area contributed by atoms with Crippen LogP contribution < -0.4 is 5.32 Å². The van der Waals surface area contributed by atoms with Gasteiger partial charge in [0.25, 0.3) is 0 Å². The lowest BCUT2D eigenvalue weighted by atomic mass is 10.0. The van der Waals surface area contributed by atoms with Gasteiger partial charge in [-0.3, -0.25) is 4.90 Å². The Morgan fingerprint density at radius 2 is 1.90 bits per heavy atom. The van der Waals surface area contributed by atoms with E-state index in [2.05, 4.69) is 62.2 Å². The summed E-state index contributed by atoms with van der Waals surface area (Å²) in [6.45, 7) is 13.7. The van der Waals surface area contributed by atoms with Crippen molar-refractivity contribution < 1.29 is 0 Å². The molecule has 2 nitrogen and oxygen atoms in total. The number of rotatable bonds is 4. The van der Waals surface area contributed by atoms with Crippen LogP contribution in [0, 0.1) is 5.92 Å². The number of hydrogen-bond acceptors (Lipinski definition) is 2. The summed E-state index contributed by atoms with van der Waals surface area (Å²) in [5.74, 6) is 0.694. The summed E-state index contributed by atoms with van der Waals surface area (Å²) in [5, 5.41) is 3.62. The smallest absolute Gasteiger partial charge is 0.0236 e. The maximum absolute atomic E-state index is 3.62. The largest absolute Gasteiger partial charge is 0.312 e. The molecule has 0 fully saturated rings. The Balaban J connectivity index is 1.87. The predicted molar refractivity (Wildman–Crippen MR) is 87.0 cm³/mol. The Bertz CT molecular complexity index is 420. The van der Waals surface area contributed by atoms with Gasteiger partial charge in [0.15, 0.2) is 0 Å². The van der Waals surface area contributed by atoms with E-state index in [-0.39, 0.29) is 5.54 Å². The molecule has 1 aliphatic heterocycles. The van der Waals surface area contributed by atoms with E-state index in [1.165, 1.54) is 31.5 Å². The van der Waals surface area contributed by atoms with Crippen molar-refractivity contribution in [1.82, 2.24) is 10.2 Å². The van der Waals surface area contributed by atoms with E-state index in [0.717, 1.165) is 13.1 Å². The zero-order valence-electron chi connectivity index (χ0n) is 13.6. The normalized spacial score (nSPS) is 18.4. The maximum Gasteiger partial charge on any atom is 0.0236 e. The van der Waals surface area contributed by atoms with Gasteiger partial charge in [0.1, 0.15) is 0 Å². The summed E-state index contributed by atoms with van der Waals surface area (Å²) in [6.07, 6.45) is 2.53. The van der Waals surface area contributed by atoms with E-state index in [0.29, 0.717) is 5.92 Å². The van der Waals surface area contributed by atoms with Gasteiger partial charge in [0.05, 0.1) is 0 Å². The van der Waals surface area contributed by atoms with E-state index in [9.17, 15) is 0 Å². The summed E-state index contributed by atoms with van der Waals surface area (Å²) >= 11 is 0. The lowest BCUT2D eigenvalue weighted by Crippen LogP contribution is -2.41. The van der Waals surface area contributed by atoms with Crippen LogP contribution in [0.2, 0.25) is 0 Å². The molecule has 1 heterocycles. The van der Waals surface area contributed by atoms with Crippen molar-refractivity contribution in [2.24, 2.45) is 5.92 Å². The van der Waals surface area contributed by atoms with Gasteiger partial charge >= 0.3 is 0 Å². The first-order chi connectivity index (χ1) is 9.44. The van der Waals surface area contributed by atoms with Crippen molar-refractivity contribution in [3.8, 4) is 0 Å². The molecule has 20 heavy (non-hydrogen) atoms. The average Bonchev–Trinajstić information content (AvgIpc) is 2.57. The lowest BCUT2D eigenvalue weighted by Gasteiger charge is -2.28. The van der Waals surface area contributed by atoms with Crippen LogP contribution in [0.25, 0.3) is 0 Å². The third-order valence-electron chi connectivity index (χ3n) is 3.98. The first-order valence-corrected chi connectivity index (χ1v) is 7.98. The van der Waals surface area contributed by atoms with Gasteiger partial charge in [0, 0.05) is 18.6 Å². The molecular formula is C18H30N2. The van der Waals surface area contributed by atoms with Crippen molar-refractivity contribution in [1.29, 1.82) is 0 Å². The van der Waals surface area contributed by atoms with Crippen LogP contribution in [0.3, 0.4) is 0 Å². The Kier molecular flexibility index (Phi) is 5.22. The van der Waals surface area contributed by atoms with E-state index in [1.807, 2.05) is 0 Å². The van der Waals surface area contributed by atoms with E-state index in [1.54, 1.807) is 5.56 Å².